The quantitative estimate of drug-likeness (QED) is 0.422. The van der Waals surface area contributed by atoms with Crippen molar-refractivity contribution in [3.8, 4) is 0 Å². The first-order valence-electron chi connectivity index (χ1n) is 10.8. The number of carbonyl (C=O) groups is 2. The van der Waals surface area contributed by atoms with Crippen molar-refractivity contribution >= 4 is 11.6 Å². The van der Waals surface area contributed by atoms with Crippen molar-refractivity contribution < 1.29 is 33.9 Å². The van der Waals surface area contributed by atoms with Crippen LogP contribution in [0.15, 0.2) is 23.3 Å². The number of Topliss-reactive ketones (excluding diaryl/α,β-unsaturated/α-hetero) is 2. The number of ketones is 2. The van der Waals surface area contributed by atoms with Crippen molar-refractivity contribution in [2.45, 2.75) is 63.8 Å². The van der Waals surface area contributed by atoms with E-state index in [2.05, 4.69) is 0 Å². The Hall–Kier alpha value is -1.38. The third-order valence-electron chi connectivity index (χ3n) is 8.73. The lowest BCUT2D eigenvalue weighted by Gasteiger charge is -2.54. The Morgan fingerprint density at radius 1 is 1.20 bits per heavy atom. The molecule has 7 heteroatoms. The van der Waals surface area contributed by atoms with Crippen LogP contribution < -0.4 is 0 Å². The van der Waals surface area contributed by atoms with E-state index in [1.54, 1.807) is 7.11 Å². The topological polar surface area (TPSA) is 94.6 Å². The van der Waals surface area contributed by atoms with Crippen LogP contribution in [0.3, 0.4) is 0 Å². The monoisotopic (exact) mass is 416 g/mol. The summed E-state index contributed by atoms with van der Waals surface area (Å²) in [7, 11) is 1.63. The SMILES string of the molecule is COC(C)(C)[C@H]1C=C2C(=O)[C@@H]3O[C@@H]3[C@H]3[C@@H](O)[C@H]4[C@@H]2C(=O)C12[C@H]4[C@H]3OO[C@H]2C=C(C)C. The number of carbonyl (C=O) groups excluding carboxylic acids is 2. The van der Waals surface area contributed by atoms with Crippen LogP contribution in [0, 0.1) is 35.0 Å². The molecule has 11 atom stereocenters. The summed E-state index contributed by atoms with van der Waals surface area (Å²) in [6.45, 7) is 7.81. The van der Waals surface area contributed by atoms with Crippen molar-refractivity contribution in [1.29, 1.82) is 0 Å². The molecule has 162 valence electrons. The predicted octanol–water partition coefficient (Wildman–Crippen LogP) is 1.39. The molecule has 4 aliphatic carbocycles. The van der Waals surface area contributed by atoms with Crippen LogP contribution in [-0.2, 0) is 28.8 Å². The van der Waals surface area contributed by atoms with E-state index in [1.165, 1.54) is 0 Å². The van der Waals surface area contributed by atoms with E-state index in [4.69, 9.17) is 19.2 Å². The zero-order valence-corrected chi connectivity index (χ0v) is 17.8. The summed E-state index contributed by atoms with van der Waals surface area (Å²) in [6.07, 6.45) is 1.01. The Labute approximate surface area is 175 Å². The summed E-state index contributed by atoms with van der Waals surface area (Å²) >= 11 is 0. The lowest BCUT2D eigenvalue weighted by Crippen LogP contribution is -2.63. The summed E-state index contributed by atoms with van der Waals surface area (Å²) < 4.78 is 11.6. The molecule has 7 nitrogen and oxygen atoms in total. The first kappa shape index (κ1) is 19.3. The summed E-state index contributed by atoms with van der Waals surface area (Å²) in [5.74, 6) is -2.20. The molecule has 2 heterocycles. The Bertz CT molecular complexity index is 915. The molecule has 0 aromatic rings. The lowest BCUT2D eigenvalue weighted by atomic mass is 9.54. The van der Waals surface area contributed by atoms with E-state index in [9.17, 15) is 14.7 Å². The van der Waals surface area contributed by atoms with Crippen LogP contribution in [0.2, 0.25) is 0 Å². The van der Waals surface area contributed by atoms with Gasteiger partial charge in [0.1, 0.15) is 24.4 Å². The number of fused-ring (bicyclic) bond motifs is 4. The van der Waals surface area contributed by atoms with Gasteiger partial charge in [0.25, 0.3) is 0 Å². The number of hydrogen-bond acceptors (Lipinski definition) is 7. The maximum Gasteiger partial charge on any atom is 0.190 e. The number of hydrogen-bond donors (Lipinski definition) is 1. The number of epoxide rings is 1. The van der Waals surface area contributed by atoms with Crippen molar-refractivity contribution in [3.63, 3.8) is 0 Å². The van der Waals surface area contributed by atoms with Crippen LogP contribution >= 0.6 is 0 Å². The van der Waals surface area contributed by atoms with Crippen molar-refractivity contribution in [2.24, 2.45) is 35.0 Å². The normalized spacial score (nSPS) is 52.5. The van der Waals surface area contributed by atoms with E-state index in [0.29, 0.717) is 5.57 Å². The van der Waals surface area contributed by atoms with Crippen LogP contribution in [0.25, 0.3) is 0 Å². The number of rotatable bonds is 3. The zero-order chi connectivity index (χ0) is 21.3. The zero-order valence-electron chi connectivity index (χ0n) is 17.8. The maximum atomic E-state index is 14.2. The average Bonchev–Trinajstić information content (AvgIpc) is 3.37. The molecule has 1 spiro atoms. The highest BCUT2D eigenvalue weighted by molar-refractivity contribution is 6.10. The second-order valence-corrected chi connectivity index (χ2v) is 10.6. The van der Waals surface area contributed by atoms with Gasteiger partial charge in [-0.2, -0.15) is 0 Å². The van der Waals surface area contributed by atoms with Crippen molar-refractivity contribution in [3.05, 3.63) is 23.3 Å². The van der Waals surface area contributed by atoms with Gasteiger partial charge in [0, 0.05) is 36.4 Å². The minimum atomic E-state index is -0.962. The van der Waals surface area contributed by atoms with Gasteiger partial charge in [-0.25, -0.2) is 9.78 Å². The molecule has 1 unspecified atom stereocenters. The molecule has 30 heavy (non-hydrogen) atoms. The molecule has 0 aromatic heterocycles. The van der Waals surface area contributed by atoms with Crippen LogP contribution in [-0.4, -0.2) is 59.9 Å². The van der Waals surface area contributed by atoms with Gasteiger partial charge in [0.15, 0.2) is 11.6 Å². The van der Waals surface area contributed by atoms with Gasteiger partial charge in [0.2, 0.25) is 0 Å². The molecule has 5 fully saturated rings. The third kappa shape index (κ3) is 1.95. The number of aliphatic hydroxyl groups is 1. The molecule has 6 rings (SSSR count). The highest BCUT2D eigenvalue weighted by Gasteiger charge is 2.82. The van der Waals surface area contributed by atoms with Gasteiger partial charge in [-0.3, -0.25) is 9.59 Å². The Balaban J connectivity index is 1.67. The largest absolute Gasteiger partial charge is 0.392 e. The predicted molar refractivity (Wildman–Crippen MR) is 103 cm³/mol. The maximum absolute atomic E-state index is 14.2. The summed E-state index contributed by atoms with van der Waals surface area (Å²) in [5, 5.41) is 11.4. The lowest BCUT2D eigenvalue weighted by molar-refractivity contribution is -0.410. The first-order chi connectivity index (χ1) is 14.2. The Kier molecular flexibility index (Phi) is 3.67. The Morgan fingerprint density at radius 2 is 1.93 bits per heavy atom. The molecule has 2 aliphatic heterocycles. The van der Waals surface area contributed by atoms with Gasteiger partial charge in [-0.15, -0.1) is 0 Å². The van der Waals surface area contributed by atoms with Gasteiger partial charge < -0.3 is 14.6 Å². The molecule has 0 radical (unpaired) electrons. The van der Waals surface area contributed by atoms with Crippen molar-refractivity contribution in [2.75, 3.05) is 7.11 Å². The fourth-order valence-corrected chi connectivity index (χ4v) is 7.47. The average molecular weight is 416 g/mol. The smallest absolute Gasteiger partial charge is 0.190 e. The van der Waals surface area contributed by atoms with E-state index in [-0.39, 0.29) is 35.4 Å². The second kappa shape index (κ2) is 5.70. The van der Waals surface area contributed by atoms with E-state index < -0.39 is 47.3 Å². The minimum absolute atomic E-state index is 0.0223. The molecule has 6 aliphatic rings. The van der Waals surface area contributed by atoms with Crippen LogP contribution in [0.1, 0.15) is 27.7 Å². The van der Waals surface area contributed by atoms with E-state index in [0.717, 1.165) is 5.57 Å². The van der Waals surface area contributed by atoms with Crippen LogP contribution in [0.5, 0.6) is 0 Å². The highest BCUT2D eigenvalue weighted by atomic mass is 17.2. The molecule has 0 amide bonds. The van der Waals surface area contributed by atoms with Gasteiger partial charge in [-0.05, 0) is 27.7 Å². The molecular weight excluding hydrogens is 388 g/mol. The van der Waals surface area contributed by atoms with Gasteiger partial charge in [-0.1, -0.05) is 17.7 Å². The number of allylic oxidation sites excluding steroid dienone is 1. The van der Waals surface area contributed by atoms with Crippen LogP contribution in [0.4, 0.5) is 0 Å². The summed E-state index contributed by atoms with van der Waals surface area (Å²) in [5.41, 5.74) is -0.193. The molecule has 3 saturated carbocycles. The highest BCUT2D eigenvalue weighted by Crippen LogP contribution is 2.72. The minimum Gasteiger partial charge on any atom is -0.392 e. The Morgan fingerprint density at radius 3 is 2.60 bits per heavy atom. The molecule has 1 N–H and O–H groups in total. The molecule has 0 aromatic carbocycles. The van der Waals surface area contributed by atoms with E-state index in [1.807, 2.05) is 39.8 Å². The standard InChI is InChI=1S/C23H28O7/c1-8(2)6-11-23-10(22(3,4)27-5)7-9-12(21(23)26)13-15(23)18(30-29-11)14(17(13)25)19-20(28-19)16(9)24/h6-7,10-15,17-20,25H,1-5H3/t10-,11+,12-,13+,14+,15-,17+,18+,19-,20+,23?/m1/s1. The second-order valence-electron chi connectivity index (χ2n) is 10.6. The number of ether oxygens (including phenoxy) is 2. The fourth-order valence-electron chi connectivity index (χ4n) is 7.47. The third-order valence-corrected chi connectivity index (χ3v) is 8.73. The fraction of sp³-hybridized carbons (Fsp3) is 0.739. The van der Waals surface area contributed by atoms with Gasteiger partial charge in [0.05, 0.1) is 23.0 Å². The summed E-state index contributed by atoms with van der Waals surface area (Å²) in [4.78, 5) is 39.5. The van der Waals surface area contributed by atoms with Crippen molar-refractivity contribution in [1.82, 2.24) is 0 Å². The number of methoxy groups -OCH3 is 1. The van der Waals surface area contributed by atoms with E-state index >= 15 is 0 Å². The first-order valence-corrected chi connectivity index (χ1v) is 10.8. The molecular formula is C23H28O7. The molecule has 4 bridgehead atoms. The summed E-state index contributed by atoms with van der Waals surface area (Å²) in [6, 6.07) is 0. The van der Waals surface area contributed by atoms with Gasteiger partial charge >= 0.3 is 0 Å². The molecule has 2 saturated heterocycles. The number of aliphatic hydroxyl groups excluding tert-OH is 1.